The van der Waals surface area contributed by atoms with Gasteiger partial charge in [-0.3, -0.25) is 9.59 Å². The van der Waals surface area contributed by atoms with Gasteiger partial charge in [0, 0.05) is 22.7 Å². The lowest BCUT2D eigenvalue weighted by Gasteiger charge is -2.05. The molecule has 0 aliphatic carbocycles. The molecule has 1 aromatic heterocycles. The van der Waals surface area contributed by atoms with Crippen LogP contribution in [0.4, 0.5) is 0 Å². The van der Waals surface area contributed by atoms with E-state index >= 15 is 0 Å². The van der Waals surface area contributed by atoms with Crippen LogP contribution in [-0.2, 0) is 16.1 Å². The van der Waals surface area contributed by atoms with Gasteiger partial charge in [0.15, 0.2) is 16.3 Å². The van der Waals surface area contributed by atoms with Gasteiger partial charge in [-0.1, -0.05) is 29.0 Å². The number of hydrogen-bond donors (Lipinski definition) is 0. The van der Waals surface area contributed by atoms with Crippen molar-refractivity contribution < 1.29 is 23.8 Å². The molecule has 28 heavy (non-hydrogen) atoms. The molecule has 144 valence electrons. The SMILES string of the molecule is CCOC(=O)Cn1c(=NC(=O)c2cccc(Cl)c2)sc2cc3c(cc21)OCO3. The number of halogens is 1. The van der Waals surface area contributed by atoms with E-state index in [-0.39, 0.29) is 19.9 Å². The molecule has 0 atom stereocenters. The maximum Gasteiger partial charge on any atom is 0.326 e. The van der Waals surface area contributed by atoms with Crippen LogP contribution in [0.1, 0.15) is 17.3 Å². The van der Waals surface area contributed by atoms with Crippen molar-refractivity contribution in [3.05, 3.63) is 51.8 Å². The highest BCUT2D eigenvalue weighted by atomic mass is 35.5. The summed E-state index contributed by atoms with van der Waals surface area (Å²) in [4.78, 5) is 29.3. The lowest BCUT2D eigenvalue weighted by atomic mass is 10.2. The summed E-state index contributed by atoms with van der Waals surface area (Å²) in [5, 5.41) is 0.447. The van der Waals surface area contributed by atoms with Crippen LogP contribution in [0.3, 0.4) is 0 Å². The third-order valence-corrected chi connectivity index (χ3v) is 5.31. The number of nitrogens with zero attached hydrogens (tertiary/aromatic N) is 2. The number of fused-ring (bicyclic) bond motifs is 2. The summed E-state index contributed by atoms with van der Waals surface area (Å²) < 4.78 is 18.4. The number of amides is 1. The van der Waals surface area contributed by atoms with Gasteiger partial charge in [0.1, 0.15) is 6.54 Å². The first kappa shape index (κ1) is 18.5. The highest BCUT2D eigenvalue weighted by Crippen LogP contribution is 2.37. The van der Waals surface area contributed by atoms with E-state index in [1.165, 1.54) is 11.3 Å². The summed E-state index contributed by atoms with van der Waals surface area (Å²) in [6, 6.07) is 10.1. The molecular formula is C19H15ClN2O5S. The Morgan fingerprint density at radius 2 is 2.04 bits per heavy atom. The fourth-order valence-electron chi connectivity index (χ4n) is 2.81. The van der Waals surface area contributed by atoms with Gasteiger partial charge in [0.25, 0.3) is 5.91 Å². The molecule has 0 radical (unpaired) electrons. The summed E-state index contributed by atoms with van der Waals surface area (Å²) in [6.07, 6.45) is 0. The molecule has 2 aromatic carbocycles. The second-order valence-electron chi connectivity index (χ2n) is 5.88. The quantitative estimate of drug-likeness (QED) is 0.607. The van der Waals surface area contributed by atoms with Crippen LogP contribution in [0.2, 0.25) is 5.02 Å². The first-order valence-corrected chi connectivity index (χ1v) is 9.68. The predicted octanol–water partition coefficient (Wildman–Crippen LogP) is 3.39. The van der Waals surface area contributed by atoms with Crippen molar-refractivity contribution >= 4 is 45.0 Å². The zero-order valence-electron chi connectivity index (χ0n) is 14.8. The first-order valence-electron chi connectivity index (χ1n) is 8.48. The molecular weight excluding hydrogens is 404 g/mol. The van der Waals surface area contributed by atoms with Crippen molar-refractivity contribution in [2.75, 3.05) is 13.4 Å². The van der Waals surface area contributed by atoms with E-state index in [1.54, 1.807) is 41.8 Å². The molecule has 0 saturated heterocycles. The van der Waals surface area contributed by atoms with Crippen LogP contribution in [0, 0.1) is 0 Å². The number of hydrogen-bond acceptors (Lipinski definition) is 6. The summed E-state index contributed by atoms with van der Waals surface area (Å²) in [6.45, 7) is 2.08. The highest BCUT2D eigenvalue weighted by Gasteiger charge is 2.19. The number of benzene rings is 2. The molecule has 4 rings (SSSR count). The monoisotopic (exact) mass is 418 g/mol. The van der Waals surface area contributed by atoms with E-state index < -0.39 is 11.9 Å². The van der Waals surface area contributed by atoms with Crippen molar-refractivity contribution in [2.24, 2.45) is 4.99 Å². The minimum Gasteiger partial charge on any atom is -0.465 e. The normalized spacial score (nSPS) is 13.1. The average molecular weight is 419 g/mol. The van der Waals surface area contributed by atoms with E-state index in [9.17, 15) is 9.59 Å². The molecule has 0 N–H and O–H groups in total. The third-order valence-electron chi connectivity index (χ3n) is 4.04. The lowest BCUT2D eigenvalue weighted by Crippen LogP contribution is -2.23. The van der Waals surface area contributed by atoms with Gasteiger partial charge in [-0.25, -0.2) is 0 Å². The molecule has 0 bridgehead atoms. The third kappa shape index (κ3) is 3.61. The smallest absolute Gasteiger partial charge is 0.326 e. The second kappa shape index (κ2) is 7.65. The van der Waals surface area contributed by atoms with Crippen molar-refractivity contribution in [1.29, 1.82) is 0 Å². The maximum absolute atomic E-state index is 12.6. The number of rotatable bonds is 4. The zero-order chi connectivity index (χ0) is 19.7. The van der Waals surface area contributed by atoms with E-state index in [0.29, 0.717) is 32.4 Å². The fourth-order valence-corrected chi connectivity index (χ4v) is 4.03. The van der Waals surface area contributed by atoms with Gasteiger partial charge >= 0.3 is 5.97 Å². The molecule has 0 saturated carbocycles. The van der Waals surface area contributed by atoms with Gasteiger partial charge < -0.3 is 18.8 Å². The molecule has 0 unspecified atom stereocenters. The second-order valence-corrected chi connectivity index (χ2v) is 7.32. The summed E-state index contributed by atoms with van der Waals surface area (Å²) >= 11 is 7.24. The Morgan fingerprint density at radius 3 is 2.79 bits per heavy atom. The topological polar surface area (TPSA) is 79.1 Å². The Kier molecular flexibility index (Phi) is 5.06. The van der Waals surface area contributed by atoms with Crippen molar-refractivity contribution in [2.45, 2.75) is 13.5 Å². The van der Waals surface area contributed by atoms with Crippen LogP contribution in [-0.4, -0.2) is 29.8 Å². The molecule has 0 fully saturated rings. The van der Waals surface area contributed by atoms with Crippen LogP contribution in [0.25, 0.3) is 10.2 Å². The number of ether oxygens (including phenoxy) is 3. The number of carbonyl (C=O) groups is 2. The van der Waals surface area contributed by atoms with Gasteiger partial charge in [0.2, 0.25) is 6.79 Å². The molecule has 7 nitrogen and oxygen atoms in total. The predicted molar refractivity (Wildman–Crippen MR) is 104 cm³/mol. The molecule has 9 heteroatoms. The summed E-state index contributed by atoms with van der Waals surface area (Å²) in [5.74, 6) is 0.323. The van der Waals surface area contributed by atoms with Gasteiger partial charge in [-0.05, 0) is 25.1 Å². The van der Waals surface area contributed by atoms with E-state index in [2.05, 4.69) is 4.99 Å². The largest absolute Gasteiger partial charge is 0.465 e. The molecule has 1 amide bonds. The highest BCUT2D eigenvalue weighted by molar-refractivity contribution is 7.16. The van der Waals surface area contributed by atoms with Crippen LogP contribution >= 0.6 is 22.9 Å². The molecule has 1 aliphatic rings. The number of carbonyl (C=O) groups excluding carboxylic acids is 2. The Bertz CT molecular complexity index is 1150. The van der Waals surface area contributed by atoms with Crippen LogP contribution in [0.5, 0.6) is 11.5 Å². The van der Waals surface area contributed by atoms with Crippen LogP contribution < -0.4 is 14.3 Å². The van der Waals surface area contributed by atoms with Gasteiger partial charge in [-0.15, -0.1) is 0 Å². The Balaban J connectivity index is 1.84. The minimum atomic E-state index is -0.452. The standard InChI is InChI=1S/C19H15ClN2O5S/c1-2-25-17(23)9-22-13-7-14-15(27-10-26-14)8-16(13)28-19(22)21-18(24)11-4-3-5-12(20)6-11/h3-8H,2,9-10H2,1H3. The van der Waals surface area contributed by atoms with Gasteiger partial charge in [0.05, 0.1) is 16.8 Å². The Morgan fingerprint density at radius 1 is 1.25 bits per heavy atom. The van der Waals surface area contributed by atoms with E-state index in [0.717, 1.165) is 4.70 Å². The fraction of sp³-hybridized carbons (Fsp3) is 0.211. The number of thiazole rings is 1. The van der Waals surface area contributed by atoms with Gasteiger partial charge in [-0.2, -0.15) is 4.99 Å². The Hall–Kier alpha value is -2.84. The van der Waals surface area contributed by atoms with E-state index in [4.69, 9.17) is 25.8 Å². The number of aromatic nitrogens is 1. The molecule has 3 aromatic rings. The first-order chi connectivity index (χ1) is 13.5. The summed E-state index contributed by atoms with van der Waals surface area (Å²) in [7, 11) is 0. The van der Waals surface area contributed by atoms with Crippen molar-refractivity contribution in [3.63, 3.8) is 0 Å². The minimum absolute atomic E-state index is 0.0743. The zero-order valence-corrected chi connectivity index (χ0v) is 16.4. The molecule has 2 heterocycles. The lowest BCUT2D eigenvalue weighted by molar-refractivity contribution is -0.143. The maximum atomic E-state index is 12.6. The Labute approximate surface area is 168 Å². The number of esters is 1. The molecule has 1 aliphatic heterocycles. The van der Waals surface area contributed by atoms with Crippen molar-refractivity contribution in [3.8, 4) is 11.5 Å². The molecule has 0 spiro atoms. The summed E-state index contributed by atoms with van der Waals surface area (Å²) in [5.41, 5.74) is 1.07. The van der Waals surface area contributed by atoms with E-state index in [1.807, 2.05) is 6.07 Å². The van der Waals surface area contributed by atoms with Crippen molar-refractivity contribution in [1.82, 2.24) is 4.57 Å². The van der Waals surface area contributed by atoms with Crippen LogP contribution in [0.15, 0.2) is 41.4 Å². The average Bonchev–Trinajstić information content (AvgIpc) is 3.24.